The molecule has 0 aliphatic carbocycles. The summed E-state index contributed by atoms with van der Waals surface area (Å²) in [5.41, 5.74) is 8.42. The van der Waals surface area contributed by atoms with Crippen molar-refractivity contribution >= 4 is 0 Å². The summed E-state index contributed by atoms with van der Waals surface area (Å²) in [4.78, 5) is 11.1. The normalized spacial score (nSPS) is 26.4. The predicted molar refractivity (Wildman–Crippen MR) is 168 cm³/mol. The molecule has 0 fully saturated rings. The number of hydrogen-bond donors (Lipinski definition) is 0. The topological polar surface area (TPSA) is 29.7 Å². The maximum absolute atomic E-state index is 5.54. The van der Waals surface area contributed by atoms with Crippen LogP contribution >= 0.6 is 0 Å². The summed E-state index contributed by atoms with van der Waals surface area (Å²) in [7, 11) is 0. The van der Waals surface area contributed by atoms with Gasteiger partial charge in [0, 0.05) is 32.4 Å². The standard InChI is InChI=1S/C41H30N3.Ir/c1-38-27-11-5-13-29(23-27)39(2)30-14-7-16-32(25-30)41(4,44-22-10-17-33(38)26-44)37-21-9-20-36(43-37)40(3,31-15-6-12-28(38)24-31)35-19-8-18-34(39)42-35;/h5-22H,1-4H3;/q-3;. The molecule has 0 spiro atoms. The van der Waals surface area contributed by atoms with Gasteiger partial charge in [-0.15, -0.1) is 22.8 Å². The average molecular weight is 757 g/mol. The molecule has 6 aromatic rings. The van der Waals surface area contributed by atoms with Crippen molar-refractivity contribution in [1.29, 1.82) is 0 Å². The van der Waals surface area contributed by atoms with E-state index in [2.05, 4.69) is 166 Å². The van der Waals surface area contributed by atoms with E-state index in [-0.39, 0.29) is 20.1 Å². The maximum atomic E-state index is 5.54. The number of aromatic nitrogens is 3. The van der Waals surface area contributed by atoms with Gasteiger partial charge < -0.3 is 0 Å². The van der Waals surface area contributed by atoms with E-state index in [9.17, 15) is 0 Å². The molecular formula is C41H30IrN3-3. The van der Waals surface area contributed by atoms with E-state index in [1.807, 2.05) is 0 Å². The number of rotatable bonds is 0. The summed E-state index contributed by atoms with van der Waals surface area (Å²) in [5, 5.41) is 0. The van der Waals surface area contributed by atoms with Crippen molar-refractivity contribution in [1.82, 2.24) is 9.97 Å². The first-order valence-electron chi connectivity index (χ1n) is 15.3. The van der Waals surface area contributed by atoms with Crippen LogP contribution in [0, 0.1) is 24.4 Å². The summed E-state index contributed by atoms with van der Waals surface area (Å²) < 4.78 is 2.21. The molecule has 221 valence electrons. The number of hydrogen-bond acceptors (Lipinski definition) is 2. The van der Waals surface area contributed by atoms with Crippen LogP contribution in [-0.4, -0.2) is 9.97 Å². The quantitative estimate of drug-likeness (QED) is 0.127. The van der Waals surface area contributed by atoms with Crippen LogP contribution in [0.2, 0.25) is 0 Å². The van der Waals surface area contributed by atoms with Gasteiger partial charge in [-0.1, -0.05) is 30.2 Å². The molecule has 0 amide bonds. The van der Waals surface area contributed by atoms with Gasteiger partial charge in [-0.2, -0.15) is 90.0 Å². The summed E-state index contributed by atoms with van der Waals surface area (Å²) in [6.07, 6.45) is 5.99. The molecule has 4 aliphatic rings. The van der Waals surface area contributed by atoms with Crippen LogP contribution in [0.15, 0.2) is 109 Å². The van der Waals surface area contributed by atoms with Gasteiger partial charge in [0.05, 0.1) is 28.7 Å². The third-order valence-electron chi connectivity index (χ3n) is 10.9. The summed E-state index contributed by atoms with van der Waals surface area (Å²) in [5.74, 6) is 0. The van der Waals surface area contributed by atoms with Crippen LogP contribution in [-0.2, 0) is 41.9 Å². The van der Waals surface area contributed by atoms with E-state index in [0.717, 1.165) is 61.7 Å². The fourth-order valence-corrected chi connectivity index (χ4v) is 7.75. The molecule has 4 aliphatic heterocycles. The molecule has 3 aromatic heterocycles. The molecule has 10 rings (SSSR count). The Morgan fingerprint density at radius 2 is 0.844 bits per heavy atom. The van der Waals surface area contributed by atoms with E-state index in [0.29, 0.717) is 0 Å². The first-order chi connectivity index (χ1) is 21.3. The third kappa shape index (κ3) is 3.47. The molecule has 0 saturated heterocycles. The molecule has 45 heavy (non-hydrogen) atoms. The van der Waals surface area contributed by atoms with E-state index >= 15 is 0 Å². The van der Waals surface area contributed by atoms with Crippen molar-refractivity contribution in [2.45, 2.75) is 49.5 Å². The van der Waals surface area contributed by atoms with E-state index < -0.39 is 21.8 Å². The van der Waals surface area contributed by atoms with Gasteiger partial charge in [-0.25, -0.2) is 4.98 Å². The molecular weight excluding hydrogens is 727 g/mol. The number of benzene rings is 3. The zero-order valence-electron chi connectivity index (χ0n) is 25.6. The van der Waals surface area contributed by atoms with Crippen LogP contribution in [0.25, 0.3) is 0 Å². The number of nitrogens with zero attached hydrogens (tertiary/aromatic N) is 3. The minimum Gasteiger partial charge on any atom is -0.298 e. The Kier molecular flexibility index (Phi) is 5.89. The molecule has 16 bridgehead atoms. The zero-order chi connectivity index (χ0) is 29.9. The Hall–Kier alpha value is -4.24. The Labute approximate surface area is 278 Å². The molecule has 4 atom stereocenters. The Morgan fingerprint density at radius 1 is 0.444 bits per heavy atom. The maximum Gasteiger partial charge on any atom is 0.188 e. The SMILES string of the molecule is CC12c3[c-]c(ccc3)C3(C)c4[c-]c(ccc4)C(C)(c4cccc(n4)C(C)(c4[c-]c1ccc4)c1cccc3n1)[n+]1[c-]c2ccc1.[Ir]. The van der Waals surface area contributed by atoms with E-state index in [1.54, 1.807) is 0 Å². The summed E-state index contributed by atoms with van der Waals surface area (Å²) in [6.45, 7) is 9.08. The van der Waals surface area contributed by atoms with E-state index in [1.165, 1.54) is 0 Å². The van der Waals surface area contributed by atoms with Crippen molar-refractivity contribution in [2.75, 3.05) is 0 Å². The van der Waals surface area contributed by atoms with Crippen molar-refractivity contribution < 1.29 is 24.7 Å². The van der Waals surface area contributed by atoms with Gasteiger partial charge in [0.1, 0.15) is 11.9 Å². The zero-order valence-corrected chi connectivity index (χ0v) is 28.0. The number of pyridine rings is 3. The van der Waals surface area contributed by atoms with Gasteiger partial charge in [-0.3, -0.25) is 9.55 Å². The molecule has 3 nitrogen and oxygen atoms in total. The van der Waals surface area contributed by atoms with Crippen LogP contribution in [0.4, 0.5) is 0 Å². The van der Waals surface area contributed by atoms with E-state index in [4.69, 9.17) is 9.97 Å². The van der Waals surface area contributed by atoms with Crippen molar-refractivity contribution in [3.63, 3.8) is 0 Å². The second-order valence-electron chi connectivity index (χ2n) is 13.1. The van der Waals surface area contributed by atoms with Gasteiger partial charge in [0.2, 0.25) is 0 Å². The van der Waals surface area contributed by atoms with Crippen molar-refractivity contribution in [3.8, 4) is 0 Å². The molecule has 1 radical (unpaired) electrons. The minimum atomic E-state index is -0.710. The first kappa shape index (κ1) is 28.2. The van der Waals surface area contributed by atoms with Crippen molar-refractivity contribution in [3.05, 3.63) is 195 Å². The Balaban J connectivity index is 0.00000300. The Morgan fingerprint density at radius 3 is 1.44 bits per heavy atom. The molecule has 4 heteroatoms. The van der Waals surface area contributed by atoms with Gasteiger partial charge in [-0.05, 0) is 43.5 Å². The van der Waals surface area contributed by atoms with Crippen LogP contribution in [0.1, 0.15) is 89.4 Å². The molecule has 4 unspecified atom stereocenters. The summed E-state index contributed by atoms with van der Waals surface area (Å²) in [6, 6.07) is 48.6. The van der Waals surface area contributed by atoms with Crippen LogP contribution in [0.5, 0.6) is 0 Å². The third-order valence-corrected chi connectivity index (χ3v) is 10.9. The fourth-order valence-electron chi connectivity index (χ4n) is 7.75. The first-order valence-corrected chi connectivity index (χ1v) is 15.3. The van der Waals surface area contributed by atoms with Gasteiger partial charge in [0.15, 0.2) is 5.54 Å². The fraction of sp³-hybridized carbons (Fsp3) is 0.195. The second-order valence-corrected chi connectivity index (χ2v) is 13.1. The molecule has 3 aromatic carbocycles. The largest absolute Gasteiger partial charge is 0.298 e. The van der Waals surface area contributed by atoms with Crippen molar-refractivity contribution in [2.24, 2.45) is 0 Å². The second kappa shape index (κ2) is 9.39. The molecule has 7 heterocycles. The van der Waals surface area contributed by atoms with Gasteiger partial charge in [0.25, 0.3) is 0 Å². The Bertz CT molecular complexity index is 1650. The average Bonchev–Trinajstić information content (AvgIpc) is 3.09. The minimum absolute atomic E-state index is 0. The molecule has 0 saturated carbocycles. The monoisotopic (exact) mass is 757 g/mol. The summed E-state index contributed by atoms with van der Waals surface area (Å²) >= 11 is 0. The van der Waals surface area contributed by atoms with Crippen LogP contribution in [0.3, 0.4) is 0 Å². The smallest absolute Gasteiger partial charge is 0.188 e. The predicted octanol–water partition coefficient (Wildman–Crippen LogP) is 6.78. The van der Waals surface area contributed by atoms with Gasteiger partial charge >= 0.3 is 0 Å². The van der Waals surface area contributed by atoms with Crippen LogP contribution < -0.4 is 4.57 Å². The molecule has 0 N–H and O–H groups in total.